The lowest BCUT2D eigenvalue weighted by molar-refractivity contribution is 0.631. The number of aryl methyl sites for hydroxylation is 1. The molecule has 2 heteroatoms. The Morgan fingerprint density at radius 1 is 1.12 bits per heavy atom. The number of rotatable bonds is 2. The van der Waals surface area contributed by atoms with Gasteiger partial charge in [-0.25, -0.2) is 4.39 Å². The lowest BCUT2D eigenvalue weighted by Crippen LogP contribution is -1.90. The van der Waals surface area contributed by atoms with Crippen molar-refractivity contribution in [1.29, 1.82) is 5.26 Å². The molecule has 84 valence electrons. The lowest BCUT2D eigenvalue weighted by atomic mass is 9.97. The predicted octanol–water partition coefficient (Wildman–Crippen LogP) is 3.87. The van der Waals surface area contributed by atoms with Crippen molar-refractivity contribution < 1.29 is 4.39 Å². The summed E-state index contributed by atoms with van der Waals surface area (Å²) in [5.74, 6) is -0.219. The third-order valence-electron chi connectivity index (χ3n) is 2.74. The Morgan fingerprint density at radius 3 is 2.53 bits per heavy atom. The van der Waals surface area contributed by atoms with E-state index in [1.807, 2.05) is 31.2 Å². The molecular weight excluding hydrogens is 213 g/mol. The maximum absolute atomic E-state index is 13.7. The van der Waals surface area contributed by atoms with Gasteiger partial charge in [0.2, 0.25) is 0 Å². The molecule has 0 bridgehead atoms. The molecule has 0 saturated heterocycles. The van der Waals surface area contributed by atoms with E-state index in [9.17, 15) is 4.39 Å². The predicted molar refractivity (Wildman–Crippen MR) is 65.9 cm³/mol. The summed E-state index contributed by atoms with van der Waals surface area (Å²) in [6.07, 6.45) is 0.387. The van der Waals surface area contributed by atoms with Gasteiger partial charge in [-0.1, -0.05) is 36.4 Å². The molecule has 0 atom stereocenters. The molecule has 0 aromatic heterocycles. The van der Waals surface area contributed by atoms with Gasteiger partial charge in [0, 0.05) is 5.56 Å². The summed E-state index contributed by atoms with van der Waals surface area (Å²) in [6, 6.07) is 14.5. The summed E-state index contributed by atoms with van der Waals surface area (Å²) < 4.78 is 13.7. The van der Waals surface area contributed by atoms with Gasteiger partial charge in [-0.15, -0.1) is 0 Å². The van der Waals surface area contributed by atoms with Gasteiger partial charge in [0.25, 0.3) is 0 Å². The molecule has 0 aliphatic heterocycles. The maximum atomic E-state index is 13.7. The van der Waals surface area contributed by atoms with Gasteiger partial charge < -0.3 is 0 Å². The minimum atomic E-state index is -0.219. The van der Waals surface area contributed by atoms with Crippen LogP contribution < -0.4 is 0 Å². The molecule has 0 heterocycles. The third-order valence-corrected chi connectivity index (χ3v) is 2.74. The average Bonchev–Trinajstić information content (AvgIpc) is 2.31. The second-order valence-electron chi connectivity index (χ2n) is 3.96. The lowest BCUT2D eigenvalue weighted by Gasteiger charge is -2.08. The van der Waals surface area contributed by atoms with Crippen molar-refractivity contribution in [2.75, 3.05) is 0 Å². The quantitative estimate of drug-likeness (QED) is 0.761. The van der Waals surface area contributed by atoms with E-state index in [0.29, 0.717) is 12.0 Å². The summed E-state index contributed by atoms with van der Waals surface area (Å²) in [6.45, 7) is 1.93. The van der Waals surface area contributed by atoms with E-state index >= 15 is 0 Å². The van der Waals surface area contributed by atoms with Crippen LogP contribution in [0.25, 0.3) is 11.1 Å². The molecule has 2 rings (SSSR count). The molecule has 0 aliphatic carbocycles. The van der Waals surface area contributed by atoms with E-state index < -0.39 is 0 Å². The maximum Gasteiger partial charge on any atom is 0.131 e. The molecule has 0 N–H and O–H groups in total. The monoisotopic (exact) mass is 225 g/mol. The van der Waals surface area contributed by atoms with E-state index in [0.717, 1.165) is 16.7 Å². The van der Waals surface area contributed by atoms with Crippen molar-refractivity contribution in [1.82, 2.24) is 0 Å². The Balaban J connectivity index is 2.48. The van der Waals surface area contributed by atoms with Crippen molar-refractivity contribution >= 4 is 0 Å². The Morgan fingerprint density at radius 2 is 1.88 bits per heavy atom. The van der Waals surface area contributed by atoms with Crippen LogP contribution in [-0.2, 0) is 6.42 Å². The number of hydrogen-bond acceptors (Lipinski definition) is 1. The molecule has 0 amide bonds. The van der Waals surface area contributed by atoms with Crippen molar-refractivity contribution in [2.45, 2.75) is 13.3 Å². The van der Waals surface area contributed by atoms with Gasteiger partial charge in [0.05, 0.1) is 12.5 Å². The van der Waals surface area contributed by atoms with E-state index in [-0.39, 0.29) is 5.82 Å². The highest BCUT2D eigenvalue weighted by molar-refractivity contribution is 5.68. The zero-order valence-electron chi connectivity index (χ0n) is 9.57. The number of nitriles is 1. The third kappa shape index (κ3) is 2.34. The largest absolute Gasteiger partial charge is 0.206 e. The fourth-order valence-corrected chi connectivity index (χ4v) is 1.91. The fourth-order valence-electron chi connectivity index (χ4n) is 1.91. The molecule has 0 spiro atoms. The van der Waals surface area contributed by atoms with Gasteiger partial charge in [0.1, 0.15) is 5.82 Å². The minimum Gasteiger partial charge on any atom is -0.206 e. The fraction of sp³-hybridized carbons (Fsp3) is 0.133. The highest BCUT2D eigenvalue weighted by Gasteiger charge is 2.07. The van der Waals surface area contributed by atoms with E-state index in [2.05, 4.69) is 6.07 Å². The Labute approximate surface area is 100 Å². The first kappa shape index (κ1) is 11.3. The van der Waals surface area contributed by atoms with Crippen LogP contribution >= 0.6 is 0 Å². The first-order chi connectivity index (χ1) is 8.22. The summed E-state index contributed by atoms with van der Waals surface area (Å²) >= 11 is 0. The van der Waals surface area contributed by atoms with E-state index in [4.69, 9.17) is 5.26 Å². The van der Waals surface area contributed by atoms with Crippen molar-refractivity contribution in [3.63, 3.8) is 0 Å². The molecule has 0 fully saturated rings. The standard InChI is InChI=1S/C15H12FN/c1-11-10-12(8-9-17)6-7-13(11)14-4-2-3-5-15(14)16/h2-7,10H,8H2,1H3. The number of benzene rings is 2. The first-order valence-electron chi connectivity index (χ1n) is 5.44. The van der Waals surface area contributed by atoms with Gasteiger partial charge in [-0.3, -0.25) is 0 Å². The Bertz CT molecular complexity index is 582. The average molecular weight is 225 g/mol. The summed E-state index contributed by atoms with van der Waals surface area (Å²) in [5.41, 5.74) is 3.44. The topological polar surface area (TPSA) is 23.8 Å². The van der Waals surface area contributed by atoms with Crippen LogP contribution in [0.1, 0.15) is 11.1 Å². The summed E-state index contributed by atoms with van der Waals surface area (Å²) in [4.78, 5) is 0. The van der Waals surface area contributed by atoms with Crippen molar-refractivity contribution in [2.24, 2.45) is 0 Å². The van der Waals surface area contributed by atoms with E-state index in [1.54, 1.807) is 12.1 Å². The first-order valence-corrected chi connectivity index (χ1v) is 5.44. The van der Waals surface area contributed by atoms with Gasteiger partial charge in [0.15, 0.2) is 0 Å². The van der Waals surface area contributed by atoms with Crippen LogP contribution in [0.2, 0.25) is 0 Å². The van der Waals surface area contributed by atoms with Crippen molar-refractivity contribution in [3.8, 4) is 17.2 Å². The van der Waals surface area contributed by atoms with Crippen LogP contribution in [0.4, 0.5) is 4.39 Å². The summed E-state index contributed by atoms with van der Waals surface area (Å²) in [7, 11) is 0. The highest BCUT2D eigenvalue weighted by Crippen LogP contribution is 2.26. The molecule has 17 heavy (non-hydrogen) atoms. The Kier molecular flexibility index (Phi) is 3.20. The molecule has 1 nitrogen and oxygen atoms in total. The molecule has 2 aromatic rings. The smallest absolute Gasteiger partial charge is 0.131 e. The van der Waals surface area contributed by atoms with E-state index in [1.165, 1.54) is 6.07 Å². The van der Waals surface area contributed by atoms with Gasteiger partial charge in [-0.05, 0) is 29.7 Å². The van der Waals surface area contributed by atoms with Crippen LogP contribution in [-0.4, -0.2) is 0 Å². The second-order valence-corrected chi connectivity index (χ2v) is 3.96. The molecule has 0 radical (unpaired) electrons. The second kappa shape index (κ2) is 4.80. The number of hydrogen-bond donors (Lipinski definition) is 0. The zero-order chi connectivity index (χ0) is 12.3. The molecule has 0 unspecified atom stereocenters. The SMILES string of the molecule is Cc1cc(CC#N)ccc1-c1ccccc1F. The van der Waals surface area contributed by atoms with Crippen LogP contribution in [0.5, 0.6) is 0 Å². The molecular formula is C15H12FN. The van der Waals surface area contributed by atoms with Gasteiger partial charge >= 0.3 is 0 Å². The number of nitrogens with zero attached hydrogens (tertiary/aromatic N) is 1. The Hall–Kier alpha value is -2.14. The minimum absolute atomic E-state index is 0.219. The van der Waals surface area contributed by atoms with Gasteiger partial charge in [-0.2, -0.15) is 5.26 Å². The number of halogens is 1. The van der Waals surface area contributed by atoms with Crippen LogP contribution in [0.3, 0.4) is 0 Å². The van der Waals surface area contributed by atoms with Crippen LogP contribution in [0, 0.1) is 24.1 Å². The molecule has 0 aliphatic rings. The normalized spacial score (nSPS) is 9.94. The summed E-state index contributed by atoms with van der Waals surface area (Å²) in [5, 5.41) is 8.63. The van der Waals surface area contributed by atoms with Crippen LogP contribution in [0.15, 0.2) is 42.5 Å². The highest BCUT2D eigenvalue weighted by atomic mass is 19.1. The van der Waals surface area contributed by atoms with Crippen molar-refractivity contribution in [3.05, 3.63) is 59.4 Å². The zero-order valence-corrected chi connectivity index (χ0v) is 9.57. The molecule has 0 saturated carbocycles. The molecule has 2 aromatic carbocycles.